The lowest BCUT2D eigenvalue weighted by Gasteiger charge is -2.26. The monoisotopic (exact) mass is 317 g/mol. The Morgan fingerprint density at radius 3 is 2.60 bits per heavy atom. The molecule has 3 N–H and O–H groups in total. The fraction of sp³-hybridized carbons (Fsp3) is 0.538. The van der Waals surface area contributed by atoms with Gasteiger partial charge in [0.1, 0.15) is 4.90 Å². The van der Waals surface area contributed by atoms with Crippen LogP contribution in [0.4, 0.5) is 5.69 Å². The van der Waals surface area contributed by atoms with Crippen LogP contribution in [0.5, 0.6) is 0 Å². The molecule has 0 aromatic heterocycles. The summed E-state index contributed by atoms with van der Waals surface area (Å²) in [6, 6.07) is 4.41. The Hall–Kier alpha value is -0.820. The Morgan fingerprint density at radius 2 is 1.95 bits per heavy atom. The summed E-state index contributed by atoms with van der Waals surface area (Å²) in [6.07, 6.45) is 3.65. The predicted molar refractivity (Wildman–Crippen MR) is 81.3 cm³/mol. The molecule has 0 radical (unpaired) electrons. The minimum Gasteiger partial charge on any atom is -0.399 e. The van der Waals surface area contributed by atoms with Gasteiger partial charge in [0.15, 0.2) is 0 Å². The van der Waals surface area contributed by atoms with Crippen molar-refractivity contribution < 1.29 is 8.42 Å². The van der Waals surface area contributed by atoms with Crippen molar-refractivity contribution in [2.24, 2.45) is 0 Å². The number of nitrogens with zero attached hydrogens (tertiary/aromatic N) is 1. The van der Waals surface area contributed by atoms with E-state index in [0.29, 0.717) is 12.2 Å². The molecule has 1 heterocycles. The lowest BCUT2D eigenvalue weighted by Crippen LogP contribution is -2.37. The topological polar surface area (TPSA) is 75.4 Å². The normalized spacial score (nSPS) is 17.2. The van der Waals surface area contributed by atoms with Gasteiger partial charge in [-0.2, -0.15) is 0 Å². The summed E-state index contributed by atoms with van der Waals surface area (Å²) >= 11 is 5.93. The lowest BCUT2D eigenvalue weighted by atomic mass is 10.1. The number of hydrogen-bond acceptors (Lipinski definition) is 4. The van der Waals surface area contributed by atoms with Crippen molar-refractivity contribution in [2.45, 2.75) is 24.2 Å². The van der Waals surface area contributed by atoms with E-state index in [1.54, 1.807) is 0 Å². The Morgan fingerprint density at radius 1 is 1.25 bits per heavy atom. The van der Waals surface area contributed by atoms with Crippen LogP contribution in [0.15, 0.2) is 23.1 Å². The average molecular weight is 318 g/mol. The number of likely N-dealkylation sites (tertiary alicyclic amines) is 1. The van der Waals surface area contributed by atoms with Crippen LogP contribution >= 0.6 is 11.6 Å². The van der Waals surface area contributed by atoms with Gasteiger partial charge in [-0.3, -0.25) is 0 Å². The molecule has 1 aliphatic heterocycles. The van der Waals surface area contributed by atoms with Crippen LogP contribution in [0, 0.1) is 0 Å². The molecule has 0 saturated carbocycles. The average Bonchev–Trinajstić information content (AvgIpc) is 2.39. The number of halogens is 1. The summed E-state index contributed by atoms with van der Waals surface area (Å²) in [4.78, 5) is 2.35. The molecule has 5 nitrogen and oxygen atoms in total. The molecule has 0 bridgehead atoms. The van der Waals surface area contributed by atoms with Crippen LogP contribution in [0.1, 0.15) is 19.3 Å². The van der Waals surface area contributed by atoms with Crippen molar-refractivity contribution in [3.63, 3.8) is 0 Å². The third-order valence-electron chi connectivity index (χ3n) is 3.41. The van der Waals surface area contributed by atoms with E-state index in [9.17, 15) is 8.42 Å². The molecule has 0 unspecified atom stereocenters. The molecular formula is C13H20ClN3O2S. The summed E-state index contributed by atoms with van der Waals surface area (Å²) in [6.45, 7) is 3.21. The van der Waals surface area contributed by atoms with Gasteiger partial charge in [-0.15, -0.1) is 0 Å². The maximum Gasteiger partial charge on any atom is 0.242 e. The van der Waals surface area contributed by atoms with Crippen LogP contribution in [-0.4, -0.2) is 39.5 Å². The van der Waals surface area contributed by atoms with Gasteiger partial charge in [-0.25, -0.2) is 13.1 Å². The minimum absolute atomic E-state index is 0.0759. The SMILES string of the molecule is Nc1ccc(S(=O)(=O)NCCN2CCCCC2)c(Cl)c1. The highest BCUT2D eigenvalue weighted by Crippen LogP contribution is 2.23. The number of nitrogens with two attached hydrogens (primary N) is 1. The molecule has 1 aromatic rings. The molecular weight excluding hydrogens is 298 g/mol. The first kappa shape index (κ1) is 15.6. The Labute approximate surface area is 125 Å². The maximum atomic E-state index is 12.2. The number of benzene rings is 1. The highest BCUT2D eigenvalue weighted by atomic mass is 35.5. The third kappa shape index (κ3) is 4.09. The largest absolute Gasteiger partial charge is 0.399 e. The summed E-state index contributed by atoms with van der Waals surface area (Å²) in [5, 5.41) is 0.149. The second-order valence-corrected chi connectivity index (χ2v) is 7.13. The van der Waals surface area contributed by atoms with Crippen molar-refractivity contribution in [3.8, 4) is 0 Å². The Kier molecular flexibility index (Phi) is 5.26. The van der Waals surface area contributed by atoms with Gasteiger partial charge in [0.05, 0.1) is 5.02 Å². The van der Waals surface area contributed by atoms with E-state index in [1.165, 1.54) is 37.5 Å². The molecule has 1 aromatic carbocycles. The number of anilines is 1. The summed E-state index contributed by atoms with van der Waals surface area (Å²) < 4.78 is 26.9. The van der Waals surface area contributed by atoms with Crippen LogP contribution in [0.3, 0.4) is 0 Å². The Bertz CT molecular complexity index is 557. The first-order valence-corrected chi connectivity index (χ1v) is 8.62. The number of nitrogen functional groups attached to an aromatic ring is 1. The van der Waals surface area contributed by atoms with Gasteiger partial charge < -0.3 is 10.6 Å². The number of nitrogens with one attached hydrogen (secondary N) is 1. The fourth-order valence-electron chi connectivity index (χ4n) is 2.33. The van der Waals surface area contributed by atoms with Gasteiger partial charge in [0.25, 0.3) is 0 Å². The van der Waals surface area contributed by atoms with Crippen LogP contribution in [-0.2, 0) is 10.0 Å². The number of rotatable bonds is 5. The lowest BCUT2D eigenvalue weighted by molar-refractivity contribution is 0.233. The molecule has 7 heteroatoms. The van der Waals surface area contributed by atoms with Crippen molar-refractivity contribution in [1.82, 2.24) is 9.62 Å². The van der Waals surface area contributed by atoms with E-state index in [0.717, 1.165) is 19.6 Å². The smallest absolute Gasteiger partial charge is 0.242 e. The van der Waals surface area contributed by atoms with E-state index in [1.807, 2.05) is 0 Å². The molecule has 1 aliphatic rings. The van der Waals surface area contributed by atoms with Gasteiger partial charge in [0, 0.05) is 18.8 Å². The summed E-state index contributed by atoms with van der Waals surface area (Å²) in [5.41, 5.74) is 6.01. The van der Waals surface area contributed by atoms with Gasteiger partial charge in [-0.05, 0) is 44.1 Å². The number of hydrogen-bond donors (Lipinski definition) is 2. The van der Waals surface area contributed by atoms with E-state index < -0.39 is 10.0 Å². The highest BCUT2D eigenvalue weighted by molar-refractivity contribution is 7.89. The molecule has 112 valence electrons. The predicted octanol–water partition coefficient (Wildman–Crippen LogP) is 1.69. The fourth-order valence-corrected chi connectivity index (χ4v) is 3.91. The quantitative estimate of drug-likeness (QED) is 0.810. The van der Waals surface area contributed by atoms with E-state index >= 15 is 0 Å². The van der Waals surface area contributed by atoms with Crippen LogP contribution in [0.2, 0.25) is 5.02 Å². The second kappa shape index (κ2) is 6.76. The molecule has 0 atom stereocenters. The second-order valence-electron chi connectivity index (χ2n) is 4.99. The van der Waals surface area contributed by atoms with Gasteiger partial charge in [-0.1, -0.05) is 18.0 Å². The van der Waals surface area contributed by atoms with E-state index in [2.05, 4.69) is 9.62 Å². The van der Waals surface area contributed by atoms with Crippen LogP contribution in [0.25, 0.3) is 0 Å². The zero-order valence-electron chi connectivity index (χ0n) is 11.3. The van der Waals surface area contributed by atoms with Gasteiger partial charge in [0.2, 0.25) is 10.0 Å². The molecule has 1 saturated heterocycles. The van der Waals surface area contributed by atoms with Crippen LogP contribution < -0.4 is 10.5 Å². The molecule has 1 fully saturated rings. The van der Waals surface area contributed by atoms with Crippen molar-refractivity contribution in [2.75, 3.05) is 31.9 Å². The molecule has 0 aliphatic carbocycles. The van der Waals surface area contributed by atoms with Crippen molar-refractivity contribution in [1.29, 1.82) is 0 Å². The first-order valence-electron chi connectivity index (χ1n) is 6.76. The van der Waals surface area contributed by atoms with E-state index in [4.69, 9.17) is 17.3 Å². The Balaban J connectivity index is 1.93. The molecule has 20 heavy (non-hydrogen) atoms. The zero-order chi connectivity index (χ0) is 14.6. The maximum absolute atomic E-state index is 12.2. The van der Waals surface area contributed by atoms with Gasteiger partial charge >= 0.3 is 0 Å². The molecule has 2 rings (SSSR count). The number of piperidine rings is 1. The third-order valence-corrected chi connectivity index (χ3v) is 5.36. The van der Waals surface area contributed by atoms with Crippen molar-refractivity contribution in [3.05, 3.63) is 23.2 Å². The minimum atomic E-state index is -3.57. The summed E-state index contributed by atoms with van der Waals surface area (Å²) in [5.74, 6) is 0. The summed E-state index contributed by atoms with van der Waals surface area (Å²) in [7, 11) is -3.57. The molecule has 0 amide bonds. The standard InChI is InChI=1S/C13H20ClN3O2S/c14-12-10-11(15)4-5-13(12)20(18,19)16-6-9-17-7-2-1-3-8-17/h4-5,10,16H,1-3,6-9,15H2. The van der Waals surface area contributed by atoms with Crippen molar-refractivity contribution >= 4 is 27.3 Å². The molecule has 0 spiro atoms. The number of sulfonamides is 1. The zero-order valence-corrected chi connectivity index (χ0v) is 12.9. The van der Waals surface area contributed by atoms with E-state index in [-0.39, 0.29) is 9.92 Å². The highest BCUT2D eigenvalue weighted by Gasteiger charge is 2.18. The first-order chi connectivity index (χ1) is 9.49.